The molecule has 0 radical (unpaired) electrons. The minimum Gasteiger partial charge on any atom is -0.337 e. The van der Waals surface area contributed by atoms with Crippen molar-refractivity contribution in [3.63, 3.8) is 0 Å². The van der Waals surface area contributed by atoms with Gasteiger partial charge in [0.25, 0.3) is 5.91 Å². The molecule has 0 saturated carbocycles. The monoisotopic (exact) mass is 372 g/mol. The lowest BCUT2D eigenvalue weighted by Crippen LogP contribution is -2.39. The first-order chi connectivity index (χ1) is 12.6. The first-order valence-electron chi connectivity index (χ1n) is 8.98. The summed E-state index contributed by atoms with van der Waals surface area (Å²) in [5.74, 6) is 0.0633. The topological polar surface area (TPSA) is 58.4 Å². The molecule has 2 aromatic rings. The van der Waals surface area contributed by atoms with Gasteiger partial charge in [0.1, 0.15) is 0 Å². The van der Waals surface area contributed by atoms with E-state index in [2.05, 4.69) is 5.10 Å². The number of rotatable bonds is 3. The quantitative estimate of drug-likeness (QED) is 0.831. The minimum absolute atomic E-state index is 0.00111. The Morgan fingerprint density at radius 2 is 1.85 bits per heavy atom. The Balaban J connectivity index is 1.44. The van der Waals surface area contributed by atoms with Gasteiger partial charge in [0.15, 0.2) is 5.69 Å². The molecule has 0 spiro atoms. The zero-order chi connectivity index (χ0) is 18.1. The van der Waals surface area contributed by atoms with Crippen LogP contribution in [0.25, 0.3) is 0 Å². The van der Waals surface area contributed by atoms with Gasteiger partial charge in [-0.3, -0.25) is 14.3 Å². The second-order valence-corrected chi connectivity index (χ2v) is 7.30. The third kappa shape index (κ3) is 3.46. The summed E-state index contributed by atoms with van der Waals surface area (Å²) in [5.41, 5.74) is 2.32. The van der Waals surface area contributed by atoms with Gasteiger partial charge in [0.05, 0.1) is 25.2 Å². The third-order valence-corrected chi connectivity index (χ3v) is 5.24. The molecule has 2 aliphatic heterocycles. The number of carbonyl (C=O) groups excluding carboxylic acids is 2. The average Bonchev–Trinajstić information content (AvgIpc) is 3.30. The zero-order valence-electron chi connectivity index (χ0n) is 14.5. The van der Waals surface area contributed by atoms with Crippen LogP contribution in [0.5, 0.6) is 0 Å². The Hall–Kier alpha value is -2.34. The van der Waals surface area contributed by atoms with Gasteiger partial charge in [-0.05, 0) is 36.6 Å². The van der Waals surface area contributed by atoms with Crippen molar-refractivity contribution in [1.82, 2.24) is 19.6 Å². The van der Waals surface area contributed by atoms with Crippen molar-refractivity contribution < 1.29 is 9.59 Å². The van der Waals surface area contributed by atoms with Gasteiger partial charge in [0, 0.05) is 24.7 Å². The predicted octanol–water partition coefficient (Wildman–Crippen LogP) is 2.36. The normalized spacial score (nSPS) is 16.7. The molecule has 136 valence electrons. The fraction of sp³-hybridized carbons (Fsp3) is 0.421. The van der Waals surface area contributed by atoms with Crippen LogP contribution in [0.1, 0.15) is 34.6 Å². The molecule has 6 nitrogen and oxygen atoms in total. The van der Waals surface area contributed by atoms with Crippen LogP contribution < -0.4 is 0 Å². The van der Waals surface area contributed by atoms with Crippen LogP contribution in [0.3, 0.4) is 0 Å². The highest BCUT2D eigenvalue weighted by atomic mass is 35.5. The van der Waals surface area contributed by atoms with Crippen molar-refractivity contribution >= 4 is 23.4 Å². The summed E-state index contributed by atoms with van der Waals surface area (Å²) in [7, 11) is 0. The van der Waals surface area contributed by atoms with Gasteiger partial charge in [-0.1, -0.05) is 23.7 Å². The number of benzene rings is 1. The summed E-state index contributed by atoms with van der Waals surface area (Å²) in [4.78, 5) is 28.8. The van der Waals surface area contributed by atoms with Crippen molar-refractivity contribution in [3.8, 4) is 0 Å². The van der Waals surface area contributed by atoms with Crippen molar-refractivity contribution in [1.29, 1.82) is 0 Å². The van der Waals surface area contributed by atoms with Gasteiger partial charge >= 0.3 is 0 Å². The predicted molar refractivity (Wildman–Crippen MR) is 97.9 cm³/mol. The Morgan fingerprint density at radius 3 is 2.62 bits per heavy atom. The highest BCUT2D eigenvalue weighted by molar-refractivity contribution is 6.30. The fourth-order valence-electron chi connectivity index (χ4n) is 3.60. The molecule has 7 heteroatoms. The molecule has 4 rings (SSSR count). The number of aromatic nitrogens is 2. The lowest BCUT2D eigenvalue weighted by atomic mass is 10.1. The van der Waals surface area contributed by atoms with E-state index in [1.807, 2.05) is 38.7 Å². The Bertz CT molecular complexity index is 842. The summed E-state index contributed by atoms with van der Waals surface area (Å²) in [6, 6.07) is 9.21. The summed E-state index contributed by atoms with van der Waals surface area (Å²) in [6.45, 7) is 3.32. The Morgan fingerprint density at radius 1 is 1.04 bits per heavy atom. The first-order valence-corrected chi connectivity index (χ1v) is 9.36. The second kappa shape index (κ2) is 7.11. The highest BCUT2D eigenvalue weighted by Crippen LogP contribution is 2.19. The Labute approximate surface area is 157 Å². The lowest BCUT2D eigenvalue weighted by Gasteiger charge is -2.27. The molecule has 2 aliphatic rings. The molecule has 0 N–H and O–H groups in total. The molecule has 3 heterocycles. The van der Waals surface area contributed by atoms with Crippen LogP contribution in [0.15, 0.2) is 30.3 Å². The van der Waals surface area contributed by atoms with Crippen molar-refractivity contribution in [3.05, 3.63) is 52.3 Å². The molecule has 26 heavy (non-hydrogen) atoms. The maximum Gasteiger partial charge on any atom is 0.274 e. The molecule has 0 bridgehead atoms. The van der Waals surface area contributed by atoms with E-state index in [1.54, 1.807) is 6.07 Å². The number of likely N-dealkylation sites (tertiary alicyclic amines) is 1. The minimum atomic E-state index is 0.00111. The summed E-state index contributed by atoms with van der Waals surface area (Å²) in [5, 5.41) is 5.09. The van der Waals surface area contributed by atoms with Crippen LogP contribution in [-0.2, 0) is 24.3 Å². The standard InChI is InChI=1S/C19H21ClN4O2/c20-15-5-3-4-14(10-15)11-18(25)23-8-9-24-16(13-23)12-17(21-24)19(26)22-6-1-2-7-22/h3-5,10,12H,1-2,6-9,11,13H2. The van der Waals surface area contributed by atoms with Crippen LogP contribution >= 0.6 is 11.6 Å². The maximum absolute atomic E-state index is 12.6. The van der Waals surface area contributed by atoms with Crippen LogP contribution in [0.2, 0.25) is 5.02 Å². The van der Waals surface area contributed by atoms with E-state index in [4.69, 9.17) is 11.6 Å². The first kappa shape index (κ1) is 17.1. The number of halogens is 1. The number of hydrogen-bond acceptors (Lipinski definition) is 3. The van der Waals surface area contributed by atoms with Crippen LogP contribution in [-0.4, -0.2) is 51.0 Å². The molecule has 0 atom stereocenters. The second-order valence-electron chi connectivity index (χ2n) is 6.87. The van der Waals surface area contributed by atoms with Gasteiger partial charge in [-0.2, -0.15) is 5.10 Å². The largest absolute Gasteiger partial charge is 0.337 e. The average molecular weight is 373 g/mol. The molecule has 0 aliphatic carbocycles. The number of nitrogens with zero attached hydrogens (tertiary/aromatic N) is 4. The van der Waals surface area contributed by atoms with E-state index in [0.29, 0.717) is 36.8 Å². The molecule has 1 aromatic heterocycles. The number of fused-ring (bicyclic) bond motifs is 1. The molecule has 1 saturated heterocycles. The van der Waals surface area contributed by atoms with Gasteiger partial charge < -0.3 is 9.80 Å². The lowest BCUT2D eigenvalue weighted by molar-refractivity contribution is -0.132. The fourth-order valence-corrected chi connectivity index (χ4v) is 3.81. The van der Waals surface area contributed by atoms with Gasteiger partial charge in [0.2, 0.25) is 5.91 Å². The molecule has 1 fully saturated rings. The Kier molecular flexibility index (Phi) is 4.68. The summed E-state index contributed by atoms with van der Waals surface area (Å²) < 4.78 is 1.85. The van der Waals surface area contributed by atoms with E-state index in [9.17, 15) is 9.59 Å². The molecular formula is C19H21ClN4O2. The zero-order valence-corrected chi connectivity index (χ0v) is 15.3. The van der Waals surface area contributed by atoms with Crippen LogP contribution in [0.4, 0.5) is 0 Å². The maximum atomic E-state index is 12.6. The molecule has 1 aromatic carbocycles. The van der Waals surface area contributed by atoms with Gasteiger partial charge in [-0.15, -0.1) is 0 Å². The number of hydrogen-bond donors (Lipinski definition) is 0. The van der Waals surface area contributed by atoms with Crippen molar-refractivity contribution in [2.24, 2.45) is 0 Å². The SMILES string of the molecule is O=C(Cc1cccc(Cl)c1)N1CCn2nc(C(=O)N3CCCC3)cc2C1. The smallest absolute Gasteiger partial charge is 0.274 e. The highest BCUT2D eigenvalue weighted by Gasteiger charge is 2.26. The van der Waals surface area contributed by atoms with E-state index >= 15 is 0 Å². The molecular weight excluding hydrogens is 352 g/mol. The van der Waals surface area contributed by atoms with E-state index < -0.39 is 0 Å². The van der Waals surface area contributed by atoms with Gasteiger partial charge in [-0.25, -0.2) is 0 Å². The third-order valence-electron chi connectivity index (χ3n) is 5.01. The van der Waals surface area contributed by atoms with Crippen LogP contribution in [0, 0.1) is 0 Å². The number of carbonyl (C=O) groups is 2. The molecule has 2 amide bonds. The van der Waals surface area contributed by atoms with Crippen molar-refractivity contribution in [2.75, 3.05) is 19.6 Å². The van der Waals surface area contributed by atoms with Crippen molar-refractivity contribution in [2.45, 2.75) is 32.4 Å². The summed E-state index contributed by atoms with van der Waals surface area (Å²) >= 11 is 5.99. The number of amides is 2. The van der Waals surface area contributed by atoms with E-state index in [0.717, 1.165) is 37.2 Å². The van der Waals surface area contributed by atoms with E-state index in [1.165, 1.54) is 0 Å². The van der Waals surface area contributed by atoms with E-state index in [-0.39, 0.29) is 11.8 Å². The summed E-state index contributed by atoms with van der Waals surface area (Å²) in [6.07, 6.45) is 2.45. The molecule has 0 unspecified atom stereocenters.